The third-order valence-electron chi connectivity index (χ3n) is 4.85. The van der Waals surface area contributed by atoms with Crippen LogP contribution >= 0.6 is 0 Å². The molecule has 1 aromatic heterocycles. The number of hydrogen-bond donors (Lipinski definition) is 2. The van der Waals surface area contributed by atoms with Crippen LogP contribution < -0.4 is 10.6 Å². The van der Waals surface area contributed by atoms with Crippen LogP contribution in [0.4, 0.5) is 15.9 Å². The highest BCUT2D eigenvalue weighted by Gasteiger charge is 2.23. The van der Waals surface area contributed by atoms with Gasteiger partial charge < -0.3 is 15.7 Å². The molecule has 2 heterocycles. The predicted octanol–water partition coefficient (Wildman–Crippen LogP) is 3.50. The summed E-state index contributed by atoms with van der Waals surface area (Å²) in [5.41, 5.74) is 9.13. The fourth-order valence-corrected chi connectivity index (χ4v) is 3.62. The lowest BCUT2D eigenvalue weighted by atomic mass is 9.96. The summed E-state index contributed by atoms with van der Waals surface area (Å²) >= 11 is 0. The highest BCUT2D eigenvalue weighted by molar-refractivity contribution is 5.99. The molecule has 4 rings (SSSR count). The molecule has 0 bridgehead atoms. The standard InChI is InChI=1S/C20H20FN3O/c1-12-3-2-4-17(21)20(12)13-7-14-10-23-19(22)9-16(14)18(8-13)24-6-5-15(25)11-24/h2-4,7-10,15,25H,5-6,11H2,1H3,(H2,22,23)/t15-/m1/s1. The first-order valence-corrected chi connectivity index (χ1v) is 8.40. The summed E-state index contributed by atoms with van der Waals surface area (Å²) in [6, 6.07) is 10.9. The molecule has 25 heavy (non-hydrogen) atoms. The zero-order valence-electron chi connectivity index (χ0n) is 14.0. The van der Waals surface area contributed by atoms with E-state index in [4.69, 9.17) is 5.73 Å². The summed E-state index contributed by atoms with van der Waals surface area (Å²) in [6.07, 6.45) is 2.11. The maximum Gasteiger partial charge on any atom is 0.131 e. The molecule has 3 N–H and O–H groups in total. The number of nitrogens with zero attached hydrogens (tertiary/aromatic N) is 2. The van der Waals surface area contributed by atoms with Crippen LogP contribution in [0.1, 0.15) is 12.0 Å². The SMILES string of the molecule is Cc1cccc(F)c1-c1cc(N2CC[C@@H](O)C2)c2cc(N)ncc2c1. The lowest BCUT2D eigenvalue weighted by molar-refractivity contribution is 0.198. The third-order valence-corrected chi connectivity index (χ3v) is 4.85. The molecule has 3 aromatic rings. The van der Waals surface area contributed by atoms with Crippen LogP contribution in [0.3, 0.4) is 0 Å². The Labute approximate surface area is 145 Å². The summed E-state index contributed by atoms with van der Waals surface area (Å²) in [4.78, 5) is 6.32. The van der Waals surface area contributed by atoms with Crippen molar-refractivity contribution >= 4 is 22.3 Å². The molecular formula is C20H20FN3O. The fraction of sp³-hybridized carbons (Fsp3) is 0.250. The molecule has 128 valence electrons. The number of halogens is 1. The lowest BCUT2D eigenvalue weighted by Gasteiger charge is -2.22. The predicted molar refractivity (Wildman–Crippen MR) is 99.1 cm³/mol. The van der Waals surface area contributed by atoms with E-state index in [0.717, 1.165) is 40.6 Å². The third kappa shape index (κ3) is 2.81. The number of benzene rings is 2. The lowest BCUT2D eigenvalue weighted by Crippen LogP contribution is -2.21. The van der Waals surface area contributed by atoms with Crippen molar-refractivity contribution in [3.63, 3.8) is 0 Å². The second kappa shape index (κ2) is 6.01. The number of anilines is 2. The van der Waals surface area contributed by atoms with Gasteiger partial charge in [0, 0.05) is 41.3 Å². The highest BCUT2D eigenvalue weighted by atomic mass is 19.1. The molecular weight excluding hydrogens is 317 g/mol. The number of hydrogen-bond acceptors (Lipinski definition) is 4. The topological polar surface area (TPSA) is 62.4 Å². The number of aliphatic hydroxyl groups excluding tert-OH is 1. The van der Waals surface area contributed by atoms with Crippen molar-refractivity contribution in [1.82, 2.24) is 4.98 Å². The first kappa shape index (κ1) is 15.8. The Kier molecular flexibility index (Phi) is 3.81. The van der Waals surface area contributed by atoms with E-state index in [1.807, 2.05) is 31.2 Å². The Hall–Kier alpha value is -2.66. The van der Waals surface area contributed by atoms with Crippen molar-refractivity contribution in [2.24, 2.45) is 0 Å². The van der Waals surface area contributed by atoms with Gasteiger partial charge in [-0.15, -0.1) is 0 Å². The minimum atomic E-state index is -0.340. The maximum absolute atomic E-state index is 14.5. The van der Waals surface area contributed by atoms with Crippen molar-refractivity contribution in [2.45, 2.75) is 19.4 Å². The normalized spacial score (nSPS) is 17.4. The number of fused-ring (bicyclic) bond motifs is 1. The van der Waals surface area contributed by atoms with E-state index in [9.17, 15) is 9.50 Å². The quantitative estimate of drug-likeness (QED) is 0.751. The molecule has 0 saturated carbocycles. The summed E-state index contributed by atoms with van der Waals surface area (Å²) in [6.45, 7) is 3.23. The first-order chi connectivity index (χ1) is 12.0. The van der Waals surface area contributed by atoms with Crippen molar-refractivity contribution in [1.29, 1.82) is 0 Å². The average Bonchev–Trinajstić information content (AvgIpc) is 3.00. The summed E-state index contributed by atoms with van der Waals surface area (Å²) in [5.74, 6) is 0.207. The molecule has 2 aromatic carbocycles. The van der Waals surface area contributed by atoms with Gasteiger partial charge in [0.15, 0.2) is 0 Å². The van der Waals surface area contributed by atoms with Gasteiger partial charge in [0.1, 0.15) is 11.6 Å². The number of nitrogens with two attached hydrogens (primary N) is 1. The monoisotopic (exact) mass is 337 g/mol. The van der Waals surface area contributed by atoms with Gasteiger partial charge in [-0.25, -0.2) is 9.37 Å². The largest absolute Gasteiger partial charge is 0.391 e. The average molecular weight is 337 g/mol. The Morgan fingerprint density at radius 2 is 2.12 bits per heavy atom. The Bertz CT molecular complexity index is 937. The number of pyridine rings is 1. The number of aliphatic hydroxyl groups is 1. The van der Waals surface area contributed by atoms with E-state index >= 15 is 0 Å². The number of aromatic nitrogens is 1. The number of nitrogen functional groups attached to an aromatic ring is 1. The Morgan fingerprint density at radius 1 is 1.28 bits per heavy atom. The molecule has 0 amide bonds. The zero-order valence-corrected chi connectivity index (χ0v) is 14.0. The second-order valence-electron chi connectivity index (χ2n) is 6.65. The Morgan fingerprint density at radius 3 is 2.84 bits per heavy atom. The molecule has 1 fully saturated rings. The molecule has 0 unspecified atom stereocenters. The Balaban J connectivity index is 1.97. The van der Waals surface area contributed by atoms with Gasteiger partial charge in [-0.1, -0.05) is 12.1 Å². The van der Waals surface area contributed by atoms with E-state index in [2.05, 4.69) is 9.88 Å². The van der Waals surface area contributed by atoms with Gasteiger partial charge in [-0.2, -0.15) is 0 Å². The van der Waals surface area contributed by atoms with Gasteiger partial charge >= 0.3 is 0 Å². The molecule has 0 spiro atoms. The van der Waals surface area contributed by atoms with Crippen LogP contribution in [0, 0.1) is 12.7 Å². The number of aryl methyl sites for hydroxylation is 1. The summed E-state index contributed by atoms with van der Waals surface area (Å²) < 4.78 is 14.5. The van der Waals surface area contributed by atoms with Crippen molar-refractivity contribution in [2.75, 3.05) is 23.7 Å². The molecule has 1 aliphatic heterocycles. The molecule has 0 radical (unpaired) electrons. The van der Waals surface area contributed by atoms with E-state index in [0.29, 0.717) is 17.9 Å². The van der Waals surface area contributed by atoms with Gasteiger partial charge in [0.05, 0.1) is 6.10 Å². The number of β-amino-alcohol motifs (C(OH)–C–C–N with tert-alkyl or cyclic N) is 1. The highest BCUT2D eigenvalue weighted by Crippen LogP contribution is 2.37. The van der Waals surface area contributed by atoms with Crippen LogP contribution in [-0.4, -0.2) is 29.3 Å². The minimum absolute atomic E-state index is 0.241. The second-order valence-corrected chi connectivity index (χ2v) is 6.65. The van der Waals surface area contributed by atoms with E-state index in [-0.39, 0.29) is 11.9 Å². The van der Waals surface area contributed by atoms with Crippen LogP contribution in [0.15, 0.2) is 42.6 Å². The van der Waals surface area contributed by atoms with Crippen LogP contribution in [0.25, 0.3) is 21.9 Å². The van der Waals surface area contributed by atoms with Gasteiger partial charge in [-0.05, 0) is 48.7 Å². The molecule has 1 saturated heterocycles. The van der Waals surface area contributed by atoms with Crippen molar-refractivity contribution in [3.8, 4) is 11.1 Å². The van der Waals surface area contributed by atoms with Gasteiger partial charge in [0.25, 0.3) is 0 Å². The summed E-state index contributed by atoms with van der Waals surface area (Å²) in [5, 5.41) is 11.8. The van der Waals surface area contributed by atoms with Gasteiger partial charge in [-0.3, -0.25) is 0 Å². The molecule has 1 atom stereocenters. The minimum Gasteiger partial charge on any atom is -0.391 e. The van der Waals surface area contributed by atoms with E-state index in [1.54, 1.807) is 12.3 Å². The molecule has 4 nitrogen and oxygen atoms in total. The van der Waals surface area contributed by atoms with E-state index < -0.39 is 0 Å². The molecule has 0 aliphatic carbocycles. The van der Waals surface area contributed by atoms with Crippen LogP contribution in [0.2, 0.25) is 0 Å². The van der Waals surface area contributed by atoms with Crippen molar-refractivity contribution in [3.05, 3.63) is 54.0 Å². The van der Waals surface area contributed by atoms with Gasteiger partial charge in [0.2, 0.25) is 0 Å². The van der Waals surface area contributed by atoms with Crippen LogP contribution in [0.5, 0.6) is 0 Å². The number of rotatable bonds is 2. The zero-order chi connectivity index (χ0) is 17.6. The van der Waals surface area contributed by atoms with Crippen LogP contribution in [-0.2, 0) is 0 Å². The maximum atomic E-state index is 14.5. The summed E-state index contributed by atoms with van der Waals surface area (Å²) in [7, 11) is 0. The smallest absolute Gasteiger partial charge is 0.131 e. The van der Waals surface area contributed by atoms with E-state index in [1.165, 1.54) is 6.07 Å². The molecule has 5 heteroatoms. The fourth-order valence-electron chi connectivity index (χ4n) is 3.62. The molecule has 1 aliphatic rings. The van der Waals surface area contributed by atoms with Crippen molar-refractivity contribution < 1.29 is 9.50 Å². The first-order valence-electron chi connectivity index (χ1n) is 8.40.